The fourth-order valence-corrected chi connectivity index (χ4v) is 8.29. The summed E-state index contributed by atoms with van der Waals surface area (Å²) in [6.45, 7) is 1.04. The maximum Gasteiger partial charge on any atom is 0.0976 e. The molecule has 0 radical (unpaired) electrons. The molecular weight excluding hydrogens is 522 g/mol. The summed E-state index contributed by atoms with van der Waals surface area (Å²) in [6, 6.07) is 56.6. The van der Waals surface area contributed by atoms with E-state index in [4.69, 9.17) is 0 Å². The van der Waals surface area contributed by atoms with Crippen molar-refractivity contribution in [3.8, 4) is 0 Å². The number of likely N-dealkylation sites (tertiary alicyclic amines) is 1. The zero-order chi connectivity index (χ0) is 29.2. The summed E-state index contributed by atoms with van der Waals surface area (Å²) >= 11 is 0. The van der Waals surface area contributed by atoms with E-state index in [2.05, 4.69) is 180 Å². The zero-order valence-electron chi connectivity index (χ0n) is 25.2. The van der Waals surface area contributed by atoms with Gasteiger partial charge < -0.3 is 0 Å². The molecule has 2 heterocycles. The standard InChI is InChI=1S/C40H41N3/c1-41-37(31-19-8-3-9-20-31)38(32-21-10-4-11-22-32)42(2)39(41)36-29-18-30-43(36)40(33-23-12-5-13-24-33,34-25-14-6-15-26-34)35-27-16-7-17-28-35/h3-17,19-28,36-39H,18,29-30H2,1-2H3/t36-,37+,38+/m0/s1. The average molecular weight is 564 g/mol. The Labute approximate surface area is 257 Å². The fraction of sp³-hybridized carbons (Fsp3) is 0.250. The van der Waals surface area contributed by atoms with Gasteiger partial charge in [0.25, 0.3) is 0 Å². The van der Waals surface area contributed by atoms with Crippen molar-refractivity contribution in [3.63, 3.8) is 0 Å². The van der Waals surface area contributed by atoms with Crippen LogP contribution in [0.15, 0.2) is 152 Å². The highest BCUT2D eigenvalue weighted by Gasteiger charge is 2.54. The van der Waals surface area contributed by atoms with E-state index in [9.17, 15) is 0 Å². The molecule has 7 rings (SSSR count). The van der Waals surface area contributed by atoms with Crippen LogP contribution in [0.3, 0.4) is 0 Å². The Morgan fingerprint density at radius 1 is 0.488 bits per heavy atom. The Balaban J connectivity index is 1.41. The molecule has 2 aliphatic heterocycles. The molecule has 0 aliphatic carbocycles. The van der Waals surface area contributed by atoms with Crippen LogP contribution in [0.25, 0.3) is 0 Å². The van der Waals surface area contributed by atoms with Gasteiger partial charge in [0.15, 0.2) is 0 Å². The van der Waals surface area contributed by atoms with Crippen LogP contribution < -0.4 is 0 Å². The van der Waals surface area contributed by atoms with Gasteiger partial charge in [-0.1, -0.05) is 152 Å². The SMILES string of the molecule is CN1C([C@@H]2CCCN2C(c2ccccc2)(c2ccccc2)c2ccccc2)N(C)[C@H](c2ccccc2)[C@H]1c1ccccc1. The topological polar surface area (TPSA) is 9.72 Å². The van der Waals surface area contributed by atoms with Gasteiger partial charge in [0.05, 0.1) is 23.8 Å². The molecule has 3 heteroatoms. The van der Waals surface area contributed by atoms with Crippen molar-refractivity contribution in [2.75, 3.05) is 20.6 Å². The molecule has 0 saturated carbocycles. The van der Waals surface area contributed by atoms with E-state index in [0.29, 0.717) is 6.04 Å². The normalized spacial score (nSPS) is 22.2. The van der Waals surface area contributed by atoms with E-state index in [1.165, 1.54) is 34.2 Å². The monoisotopic (exact) mass is 563 g/mol. The Kier molecular flexibility index (Phi) is 7.71. The second kappa shape index (κ2) is 11.9. The Morgan fingerprint density at radius 2 is 0.837 bits per heavy atom. The average Bonchev–Trinajstić information content (AvgIpc) is 3.65. The second-order valence-electron chi connectivity index (χ2n) is 12.2. The van der Waals surface area contributed by atoms with E-state index in [1.54, 1.807) is 0 Å². The third-order valence-electron chi connectivity index (χ3n) is 9.94. The second-order valence-corrected chi connectivity index (χ2v) is 12.2. The molecule has 0 amide bonds. The predicted molar refractivity (Wildman–Crippen MR) is 177 cm³/mol. The van der Waals surface area contributed by atoms with E-state index >= 15 is 0 Å². The summed E-state index contributed by atoms with van der Waals surface area (Å²) in [7, 11) is 4.71. The molecule has 5 aromatic carbocycles. The first kappa shape index (κ1) is 27.8. The van der Waals surface area contributed by atoms with Crippen molar-refractivity contribution in [1.29, 1.82) is 0 Å². The van der Waals surface area contributed by atoms with Crippen LogP contribution >= 0.6 is 0 Å². The minimum atomic E-state index is -0.417. The van der Waals surface area contributed by atoms with Gasteiger partial charge >= 0.3 is 0 Å². The highest BCUT2D eigenvalue weighted by molar-refractivity contribution is 5.50. The summed E-state index contributed by atoms with van der Waals surface area (Å²) in [6.07, 6.45) is 2.55. The van der Waals surface area contributed by atoms with E-state index in [1.807, 2.05) is 0 Å². The van der Waals surface area contributed by atoms with Crippen LogP contribution in [-0.2, 0) is 5.54 Å². The number of hydrogen-bond acceptors (Lipinski definition) is 3. The first-order valence-corrected chi connectivity index (χ1v) is 15.7. The summed E-state index contributed by atoms with van der Waals surface area (Å²) in [4.78, 5) is 8.18. The molecule has 0 unspecified atom stereocenters. The van der Waals surface area contributed by atoms with Gasteiger partial charge in [-0.25, -0.2) is 0 Å². The molecule has 5 aromatic rings. The van der Waals surface area contributed by atoms with Crippen LogP contribution in [0, 0.1) is 0 Å². The van der Waals surface area contributed by atoms with Gasteiger partial charge in [-0.3, -0.25) is 14.7 Å². The highest BCUT2D eigenvalue weighted by atomic mass is 15.5. The molecular formula is C40H41N3. The summed E-state index contributed by atoms with van der Waals surface area (Å²) in [5.41, 5.74) is 6.29. The maximum atomic E-state index is 2.85. The fourth-order valence-electron chi connectivity index (χ4n) is 8.29. The van der Waals surface area contributed by atoms with Gasteiger partial charge in [-0.05, 0) is 54.8 Å². The molecule has 2 saturated heterocycles. The molecule has 216 valence electrons. The van der Waals surface area contributed by atoms with Gasteiger partial charge in [-0.2, -0.15) is 0 Å². The molecule has 0 spiro atoms. The Bertz CT molecular complexity index is 1440. The molecule has 0 aromatic heterocycles. The Hall–Kier alpha value is -4.02. The van der Waals surface area contributed by atoms with Crippen LogP contribution in [-0.4, -0.2) is 47.5 Å². The lowest BCUT2D eigenvalue weighted by molar-refractivity contribution is 0.0279. The maximum absolute atomic E-state index is 2.85. The third kappa shape index (κ3) is 4.73. The van der Waals surface area contributed by atoms with Gasteiger partial charge in [-0.15, -0.1) is 0 Å². The summed E-state index contributed by atoms with van der Waals surface area (Å²) in [5, 5.41) is 0. The largest absolute Gasteiger partial charge is 0.281 e. The lowest BCUT2D eigenvalue weighted by Gasteiger charge is -2.49. The molecule has 0 bridgehead atoms. The minimum Gasteiger partial charge on any atom is -0.281 e. The smallest absolute Gasteiger partial charge is 0.0976 e. The van der Waals surface area contributed by atoms with Crippen LogP contribution in [0.1, 0.15) is 52.7 Å². The third-order valence-corrected chi connectivity index (χ3v) is 9.94. The Morgan fingerprint density at radius 3 is 1.21 bits per heavy atom. The minimum absolute atomic E-state index is 0.230. The van der Waals surface area contributed by atoms with Crippen LogP contribution in [0.4, 0.5) is 0 Å². The van der Waals surface area contributed by atoms with Crippen molar-refractivity contribution in [2.24, 2.45) is 0 Å². The number of hydrogen-bond donors (Lipinski definition) is 0. The zero-order valence-corrected chi connectivity index (χ0v) is 25.2. The number of benzene rings is 5. The van der Waals surface area contributed by atoms with E-state index in [-0.39, 0.29) is 18.2 Å². The molecule has 43 heavy (non-hydrogen) atoms. The molecule has 3 nitrogen and oxygen atoms in total. The summed E-state index contributed by atoms with van der Waals surface area (Å²) < 4.78 is 0. The number of likely N-dealkylation sites (N-methyl/N-ethyl adjacent to an activating group) is 2. The highest BCUT2D eigenvalue weighted by Crippen LogP contribution is 2.52. The van der Waals surface area contributed by atoms with Crippen molar-refractivity contribution < 1.29 is 0 Å². The first-order chi connectivity index (χ1) is 21.2. The lowest BCUT2D eigenvalue weighted by atomic mass is 9.75. The lowest BCUT2D eigenvalue weighted by Crippen LogP contribution is -2.58. The van der Waals surface area contributed by atoms with Crippen LogP contribution in [0.5, 0.6) is 0 Å². The van der Waals surface area contributed by atoms with E-state index < -0.39 is 5.54 Å². The van der Waals surface area contributed by atoms with E-state index in [0.717, 1.165) is 13.0 Å². The van der Waals surface area contributed by atoms with Gasteiger partial charge in [0.1, 0.15) is 0 Å². The van der Waals surface area contributed by atoms with Crippen molar-refractivity contribution in [2.45, 2.75) is 42.7 Å². The first-order valence-electron chi connectivity index (χ1n) is 15.7. The quantitative estimate of drug-likeness (QED) is 0.185. The summed E-state index contributed by atoms with van der Waals surface area (Å²) in [5.74, 6) is 0. The van der Waals surface area contributed by atoms with Crippen molar-refractivity contribution in [1.82, 2.24) is 14.7 Å². The molecule has 2 fully saturated rings. The number of rotatable bonds is 7. The van der Waals surface area contributed by atoms with Gasteiger partial charge in [0, 0.05) is 12.6 Å². The van der Waals surface area contributed by atoms with Crippen molar-refractivity contribution in [3.05, 3.63) is 179 Å². The van der Waals surface area contributed by atoms with Crippen LogP contribution in [0.2, 0.25) is 0 Å². The molecule has 3 atom stereocenters. The van der Waals surface area contributed by atoms with Gasteiger partial charge in [0.2, 0.25) is 0 Å². The molecule has 2 aliphatic rings. The predicted octanol–water partition coefficient (Wildman–Crippen LogP) is 8.13. The number of nitrogens with zero attached hydrogens (tertiary/aromatic N) is 3. The van der Waals surface area contributed by atoms with Crippen molar-refractivity contribution >= 4 is 0 Å². The molecule has 0 N–H and O–H groups in total.